The zero-order valence-electron chi connectivity index (χ0n) is 13.3. The lowest BCUT2D eigenvalue weighted by atomic mass is 10.1. The Kier molecular flexibility index (Phi) is 3.61. The molecule has 4 rings (SSSR count). The summed E-state index contributed by atoms with van der Waals surface area (Å²) in [7, 11) is 0. The van der Waals surface area contributed by atoms with Crippen LogP contribution in [0, 0.1) is 0 Å². The van der Waals surface area contributed by atoms with Crippen molar-refractivity contribution in [1.29, 1.82) is 0 Å². The third kappa shape index (κ3) is 2.58. The third-order valence-corrected chi connectivity index (χ3v) is 4.58. The van der Waals surface area contributed by atoms with Gasteiger partial charge in [0, 0.05) is 55.0 Å². The first-order valence-electron chi connectivity index (χ1n) is 8.12. The van der Waals surface area contributed by atoms with Gasteiger partial charge in [-0.15, -0.1) is 0 Å². The molecule has 0 atom stereocenters. The number of aromatic hydroxyl groups is 1. The summed E-state index contributed by atoms with van der Waals surface area (Å²) in [6.45, 7) is 2.87. The van der Waals surface area contributed by atoms with Gasteiger partial charge in [-0.2, -0.15) is 0 Å². The lowest BCUT2D eigenvalue weighted by molar-refractivity contribution is 0.0749. The summed E-state index contributed by atoms with van der Waals surface area (Å²) in [4.78, 5) is 20.1. The van der Waals surface area contributed by atoms with Crippen molar-refractivity contribution in [1.82, 2.24) is 9.88 Å². The molecular formula is C19H19N3O2. The minimum Gasteiger partial charge on any atom is -0.508 e. The van der Waals surface area contributed by atoms with Crippen molar-refractivity contribution in [3.63, 3.8) is 0 Å². The van der Waals surface area contributed by atoms with Crippen LogP contribution in [0.5, 0.6) is 5.75 Å². The number of aromatic nitrogens is 1. The van der Waals surface area contributed by atoms with Crippen LogP contribution in [-0.4, -0.2) is 47.1 Å². The summed E-state index contributed by atoms with van der Waals surface area (Å²) in [5, 5.41) is 10.6. The van der Waals surface area contributed by atoms with E-state index in [2.05, 4.69) is 9.88 Å². The second kappa shape index (κ2) is 5.92. The Morgan fingerprint density at radius 3 is 2.58 bits per heavy atom. The van der Waals surface area contributed by atoms with E-state index in [0.29, 0.717) is 13.1 Å². The van der Waals surface area contributed by atoms with Gasteiger partial charge in [-0.3, -0.25) is 4.79 Å². The first kappa shape index (κ1) is 14.6. The molecule has 1 aromatic heterocycles. The zero-order valence-corrected chi connectivity index (χ0v) is 13.3. The van der Waals surface area contributed by atoms with Crippen molar-refractivity contribution >= 4 is 22.5 Å². The van der Waals surface area contributed by atoms with Crippen molar-refractivity contribution in [2.75, 3.05) is 31.1 Å². The Hall–Kier alpha value is -2.95. The number of piperazine rings is 1. The molecule has 2 heterocycles. The first-order valence-corrected chi connectivity index (χ1v) is 8.12. The molecule has 0 radical (unpaired) electrons. The van der Waals surface area contributed by atoms with Crippen molar-refractivity contribution < 1.29 is 9.90 Å². The standard InChI is InChI=1S/C19H19N3O2/c23-15-5-3-4-14(12-15)21-8-10-22(11-9-21)19(24)17-13-20-18-7-2-1-6-16(17)18/h1-7,12-13,20,23H,8-11H2. The number of phenolic OH excluding ortho intramolecular Hbond substituents is 1. The molecule has 5 nitrogen and oxygen atoms in total. The number of para-hydroxylation sites is 1. The number of carbonyl (C=O) groups is 1. The average molecular weight is 321 g/mol. The minimum absolute atomic E-state index is 0.0722. The van der Waals surface area contributed by atoms with Gasteiger partial charge in [-0.05, 0) is 18.2 Å². The highest BCUT2D eigenvalue weighted by atomic mass is 16.3. The number of phenols is 1. The van der Waals surface area contributed by atoms with Gasteiger partial charge >= 0.3 is 0 Å². The summed E-state index contributed by atoms with van der Waals surface area (Å²) in [5.41, 5.74) is 2.71. The summed E-state index contributed by atoms with van der Waals surface area (Å²) >= 11 is 0. The van der Waals surface area contributed by atoms with E-state index in [1.807, 2.05) is 41.3 Å². The van der Waals surface area contributed by atoms with E-state index < -0.39 is 0 Å². The lowest BCUT2D eigenvalue weighted by Gasteiger charge is -2.36. The van der Waals surface area contributed by atoms with Crippen LogP contribution in [0.25, 0.3) is 10.9 Å². The van der Waals surface area contributed by atoms with Gasteiger partial charge in [0.05, 0.1) is 5.56 Å². The minimum atomic E-state index is 0.0722. The number of nitrogens with one attached hydrogen (secondary N) is 1. The van der Waals surface area contributed by atoms with Crippen LogP contribution in [0.3, 0.4) is 0 Å². The van der Waals surface area contributed by atoms with Crippen LogP contribution in [0.15, 0.2) is 54.7 Å². The predicted octanol–water partition coefficient (Wildman–Crippen LogP) is 2.84. The smallest absolute Gasteiger partial charge is 0.256 e. The highest BCUT2D eigenvalue weighted by Gasteiger charge is 2.24. The van der Waals surface area contributed by atoms with Crippen LogP contribution >= 0.6 is 0 Å². The number of carbonyl (C=O) groups excluding carboxylic acids is 1. The molecule has 1 fully saturated rings. The van der Waals surface area contributed by atoms with Crippen LogP contribution in [-0.2, 0) is 0 Å². The summed E-state index contributed by atoms with van der Waals surface area (Å²) in [5.74, 6) is 0.341. The van der Waals surface area contributed by atoms with Crippen molar-refractivity contribution in [3.05, 3.63) is 60.3 Å². The Bertz CT molecular complexity index is 879. The number of amides is 1. The number of benzene rings is 2. The third-order valence-electron chi connectivity index (χ3n) is 4.58. The van der Waals surface area contributed by atoms with Gasteiger partial charge in [0.2, 0.25) is 0 Å². The zero-order chi connectivity index (χ0) is 16.5. The van der Waals surface area contributed by atoms with E-state index in [9.17, 15) is 9.90 Å². The molecule has 1 aliphatic rings. The molecule has 122 valence electrons. The van der Waals surface area contributed by atoms with E-state index in [4.69, 9.17) is 0 Å². The first-order chi connectivity index (χ1) is 11.7. The number of hydrogen-bond acceptors (Lipinski definition) is 3. The highest BCUT2D eigenvalue weighted by molar-refractivity contribution is 6.06. The van der Waals surface area contributed by atoms with Gasteiger partial charge in [0.15, 0.2) is 0 Å². The molecular weight excluding hydrogens is 302 g/mol. The molecule has 0 bridgehead atoms. The number of fused-ring (bicyclic) bond motifs is 1. The molecule has 0 aliphatic carbocycles. The van der Waals surface area contributed by atoms with E-state index in [1.165, 1.54) is 0 Å². The summed E-state index contributed by atoms with van der Waals surface area (Å²) in [6, 6.07) is 15.1. The Morgan fingerprint density at radius 1 is 1.00 bits per heavy atom. The molecule has 2 N–H and O–H groups in total. The van der Waals surface area contributed by atoms with Gasteiger partial charge in [-0.1, -0.05) is 24.3 Å². The molecule has 0 saturated carbocycles. The SMILES string of the molecule is O=C(c1c[nH]c2ccccc12)N1CCN(c2cccc(O)c2)CC1. The number of aromatic amines is 1. The normalized spacial score (nSPS) is 15.0. The lowest BCUT2D eigenvalue weighted by Crippen LogP contribution is -2.48. The number of anilines is 1. The van der Waals surface area contributed by atoms with Crippen LogP contribution in [0.4, 0.5) is 5.69 Å². The maximum absolute atomic E-state index is 12.8. The fourth-order valence-electron chi connectivity index (χ4n) is 3.28. The molecule has 1 saturated heterocycles. The van der Waals surface area contributed by atoms with E-state index in [-0.39, 0.29) is 11.7 Å². The molecule has 0 spiro atoms. The largest absolute Gasteiger partial charge is 0.508 e. The van der Waals surface area contributed by atoms with Crippen LogP contribution < -0.4 is 4.90 Å². The van der Waals surface area contributed by atoms with E-state index >= 15 is 0 Å². The van der Waals surface area contributed by atoms with E-state index in [1.54, 1.807) is 18.3 Å². The summed E-state index contributed by atoms with van der Waals surface area (Å²) in [6.07, 6.45) is 1.80. The van der Waals surface area contributed by atoms with Gasteiger partial charge in [0.1, 0.15) is 5.75 Å². The quantitative estimate of drug-likeness (QED) is 0.763. The predicted molar refractivity (Wildman–Crippen MR) is 94.5 cm³/mol. The second-order valence-corrected chi connectivity index (χ2v) is 6.05. The van der Waals surface area contributed by atoms with Gasteiger partial charge < -0.3 is 19.9 Å². The molecule has 24 heavy (non-hydrogen) atoms. The maximum Gasteiger partial charge on any atom is 0.256 e. The average Bonchev–Trinajstić information content (AvgIpc) is 3.05. The van der Waals surface area contributed by atoms with Gasteiger partial charge in [-0.25, -0.2) is 0 Å². The molecule has 0 unspecified atom stereocenters. The molecule has 1 amide bonds. The number of nitrogens with zero attached hydrogens (tertiary/aromatic N) is 2. The number of rotatable bonds is 2. The van der Waals surface area contributed by atoms with Crippen LogP contribution in [0.2, 0.25) is 0 Å². The van der Waals surface area contributed by atoms with Gasteiger partial charge in [0.25, 0.3) is 5.91 Å². The maximum atomic E-state index is 12.8. The van der Waals surface area contributed by atoms with E-state index in [0.717, 1.165) is 35.2 Å². The van der Waals surface area contributed by atoms with Crippen molar-refractivity contribution in [3.8, 4) is 5.75 Å². The van der Waals surface area contributed by atoms with Crippen molar-refractivity contribution in [2.45, 2.75) is 0 Å². The second-order valence-electron chi connectivity index (χ2n) is 6.05. The Morgan fingerprint density at radius 2 is 1.79 bits per heavy atom. The number of H-pyrrole nitrogens is 1. The molecule has 5 heteroatoms. The topological polar surface area (TPSA) is 59.6 Å². The van der Waals surface area contributed by atoms with Crippen molar-refractivity contribution in [2.24, 2.45) is 0 Å². The monoisotopic (exact) mass is 321 g/mol. The molecule has 3 aromatic rings. The number of hydrogen-bond donors (Lipinski definition) is 2. The Balaban J connectivity index is 1.48. The summed E-state index contributed by atoms with van der Waals surface area (Å²) < 4.78 is 0. The Labute approximate surface area is 140 Å². The fraction of sp³-hybridized carbons (Fsp3) is 0.211. The highest BCUT2D eigenvalue weighted by Crippen LogP contribution is 2.23. The van der Waals surface area contributed by atoms with Crippen LogP contribution in [0.1, 0.15) is 10.4 Å². The molecule has 1 aliphatic heterocycles. The fourth-order valence-corrected chi connectivity index (χ4v) is 3.28. The molecule has 2 aromatic carbocycles.